The number of piperazine rings is 1. The highest BCUT2D eigenvalue weighted by Crippen LogP contribution is 2.29. The topological polar surface area (TPSA) is 40.6 Å². The number of amides is 2. The van der Waals surface area contributed by atoms with Crippen LogP contribution in [0.2, 0.25) is 5.02 Å². The zero-order valence-corrected chi connectivity index (χ0v) is 11.6. The number of anilines is 1. The van der Waals surface area contributed by atoms with Gasteiger partial charge < -0.3 is 0 Å². The van der Waals surface area contributed by atoms with E-state index in [2.05, 4.69) is 0 Å². The third-order valence-electron chi connectivity index (χ3n) is 3.86. The first kappa shape index (κ1) is 13.5. The van der Waals surface area contributed by atoms with Crippen molar-refractivity contribution in [3.63, 3.8) is 0 Å². The van der Waals surface area contributed by atoms with E-state index in [1.807, 2.05) is 4.90 Å². The maximum Gasteiger partial charge on any atom is 0.251 e. The summed E-state index contributed by atoms with van der Waals surface area (Å²) in [6.45, 7) is 0.914. The molecule has 1 aromatic rings. The molecule has 0 aromatic heterocycles. The van der Waals surface area contributed by atoms with Crippen molar-refractivity contribution in [3.05, 3.63) is 29.0 Å². The van der Waals surface area contributed by atoms with Gasteiger partial charge in [-0.1, -0.05) is 18.0 Å². The fourth-order valence-corrected chi connectivity index (χ4v) is 3.05. The van der Waals surface area contributed by atoms with Gasteiger partial charge in [0.2, 0.25) is 5.91 Å². The van der Waals surface area contributed by atoms with Gasteiger partial charge in [-0.25, -0.2) is 9.29 Å². The van der Waals surface area contributed by atoms with Gasteiger partial charge in [-0.05, 0) is 37.6 Å². The number of halogens is 2. The number of carbonyl (C=O) groups excluding carboxylic acids is 2. The highest BCUT2D eigenvalue weighted by atomic mass is 35.5. The molecule has 0 spiro atoms. The van der Waals surface area contributed by atoms with Gasteiger partial charge in [0.05, 0.1) is 18.3 Å². The molecule has 106 valence electrons. The Hall–Kier alpha value is -1.46. The molecule has 1 unspecified atom stereocenters. The largest absolute Gasteiger partial charge is 0.283 e. The fourth-order valence-electron chi connectivity index (χ4n) is 2.89. The van der Waals surface area contributed by atoms with Crippen LogP contribution in [-0.4, -0.2) is 35.8 Å². The summed E-state index contributed by atoms with van der Waals surface area (Å²) >= 11 is 5.70. The highest BCUT2D eigenvalue weighted by molar-refractivity contribution is 6.30. The number of hydrogen-bond donors (Lipinski definition) is 0. The van der Waals surface area contributed by atoms with Gasteiger partial charge in [0.1, 0.15) is 5.82 Å². The van der Waals surface area contributed by atoms with E-state index in [4.69, 9.17) is 11.6 Å². The van der Waals surface area contributed by atoms with E-state index in [0.29, 0.717) is 0 Å². The maximum absolute atomic E-state index is 14.0. The Balaban J connectivity index is 1.96. The quantitative estimate of drug-likeness (QED) is 0.746. The second-order valence-electron chi connectivity index (χ2n) is 5.15. The second kappa shape index (κ2) is 5.14. The van der Waals surface area contributed by atoms with Gasteiger partial charge in [-0.3, -0.25) is 14.5 Å². The monoisotopic (exact) mass is 296 g/mol. The normalized spacial score (nSPS) is 23.9. The van der Waals surface area contributed by atoms with Crippen LogP contribution in [0, 0.1) is 5.82 Å². The molecule has 3 rings (SSSR count). The first-order valence-electron chi connectivity index (χ1n) is 6.64. The van der Waals surface area contributed by atoms with Crippen LogP contribution in [0.1, 0.15) is 19.3 Å². The van der Waals surface area contributed by atoms with Crippen LogP contribution in [-0.2, 0) is 9.59 Å². The first-order valence-corrected chi connectivity index (χ1v) is 7.01. The van der Waals surface area contributed by atoms with E-state index in [0.717, 1.165) is 36.8 Å². The van der Waals surface area contributed by atoms with E-state index in [9.17, 15) is 14.0 Å². The summed E-state index contributed by atoms with van der Waals surface area (Å²) in [5.74, 6) is -1.36. The maximum atomic E-state index is 14.0. The lowest BCUT2D eigenvalue weighted by Crippen LogP contribution is -2.61. The minimum absolute atomic E-state index is 0.00498. The van der Waals surface area contributed by atoms with Crippen molar-refractivity contribution in [1.82, 2.24) is 4.90 Å². The lowest BCUT2D eigenvalue weighted by Gasteiger charge is -2.41. The van der Waals surface area contributed by atoms with Crippen molar-refractivity contribution in [2.45, 2.75) is 25.3 Å². The lowest BCUT2D eigenvalue weighted by atomic mass is 9.98. The molecule has 2 amide bonds. The van der Waals surface area contributed by atoms with Crippen molar-refractivity contribution in [2.75, 3.05) is 18.0 Å². The summed E-state index contributed by atoms with van der Waals surface area (Å²) in [7, 11) is 0. The Morgan fingerprint density at radius 3 is 2.80 bits per heavy atom. The summed E-state index contributed by atoms with van der Waals surface area (Å²) in [5.41, 5.74) is -0.00498. The molecule has 2 fully saturated rings. The Kier molecular flexibility index (Phi) is 3.48. The van der Waals surface area contributed by atoms with Crippen LogP contribution < -0.4 is 4.90 Å². The standard InChI is InChI=1S/C14H14ClFN2O2/c15-9-4-5-11(10(16)7-9)18-13(19)8-17-6-2-1-3-12(17)14(18)20/h4-5,7,12H,1-3,6,8H2. The van der Waals surface area contributed by atoms with E-state index >= 15 is 0 Å². The molecule has 0 saturated carbocycles. The van der Waals surface area contributed by atoms with E-state index in [1.165, 1.54) is 12.1 Å². The van der Waals surface area contributed by atoms with Crippen molar-refractivity contribution in [3.8, 4) is 0 Å². The van der Waals surface area contributed by atoms with E-state index < -0.39 is 5.82 Å². The molecule has 0 aliphatic carbocycles. The molecular weight excluding hydrogens is 283 g/mol. The van der Waals surface area contributed by atoms with Gasteiger partial charge in [0.25, 0.3) is 5.91 Å². The Labute approximate surface area is 121 Å². The van der Waals surface area contributed by atoms with Gasteiger partial charge >= 0.3 is 0 Å². The molecule has 2 heterocycles. The number of nitrogens with zero attached hydrogens (tertiary/aromatic N) is 2. The van der Waals surface area contributed by atoms with Crippen LogP contribution in [0.25, 0.3) is 0 Å². The predicted octanol–water partition coefficient (Wildman–Crippen LogP) is 2.21. The van der Waals surface area contributed by atoms with E-state index in [-0.39, 0.29) is 35.1 Å². The molecule has 0 bridgehead atoms. The number of fused-ring (bicyclic) bond motifs is 1. The van der Waals surface area contributed by atoms with Crippen molar-refractivity contribution in [1.29, 1.82) is 0 Å². The van der Waals surface area contributed by atoms with Crippen LogP contribution >= 0.6 is 11.6 Å². The number of carbonyl (C=O) groups is 2. The Morgan fingerprint density at radius 1 is 1.25 bits per heavy atom. The van der Waals surface area contributed by atoms with Crippen LogP contribution in [0.3, 0.4) is 0 Å². The average Bonchev–Trinajstić information content (AvgIpc) is 2.41. The number of rotatable bonds is 1. The molecular formula is C14H14ClFN2O2. The SMILES string of the molecule is O=C1CN2CCCCC2C(=O)N1c1ccc(Cl)cc1F. The number of hydrogen-bond acceptors (Lipinski definition) is 3. The molecule has 2 aliphatic heterocycles. The van der Waals surface area contributed by atoms with Crippen LogP contribution in [0.4, 0.5) is 10.1 Å². The summed E-state index contributed by atoms with van der Waals surface area (Å²) in [6.07, 6.45) is 2.67. The number of piperidine rings is 1. The molecule has 6 heteroatoms. The molecule has 0 N–H and O–H groups in total. The summed E-state index contributed by atoms with van der Waals surface area (Å²) in [6, 6.07) is 3.67. The van der Waals surface area contributed by atoms with Crippen molar-refractivity contribution in [2.24, 2.45) is 0 Å². The zero-order chi connectivity index (χ0) is 14.3. The van der Waals surface area contributed by atoms with Gasteiger partial charge in [-0.2, -0.15) is 0 Å². The molecule has 20 heavy (non-hydrogen) atoms. The summed E-state index contributed by atoms with van der Waals surface area (Å²) in [5, 5.41) is 0.238. The van der Waals surface area contributed by atoms with Crippen LogP contribution in [0.5, 0.6) is 0 Å². The van der Waals surface area contributed by atoms with Gasteiger partial charge in [0, 0.05) is 5.02 Å². The molecule has 0 radical (unpaired) electrons. The molecule has 4 nitrogen and oxygen atoms in total. The van der Waals surface area contributed by atoms with E-state index in [1.54, 1.807) is 0 Å². The smallest absolute Gasteiger partial charge is 0.251 e. The Morgan fingerprint density at radius 2 is 2.05 bits per heavy atom. The molecule has 2 aliphatic rings. The Bertz CT molecular complexity index is 578. The zero-order valence-electron chi connectivity index (χ0n) is 10.8. The van der Waals surface area contributed by atoms with Crippen LogP contribution in [0.15, 0.2) is 18.2 Å². The lowest BCUT2D eigenvalue weighted by molar-refractivity contribution is -0.137. The second-order valence-corrected chi connectivity index (χ2v) is 5.58. The first-order chi connectivity index (χ1) is 9.58. The third kappa shape index (κ3) is 2.21. The van der Waals surface area contributed by atoms with Crippen molar-refractivity contribution >= 4 is 29.1 Å². The minimum atomic E-state index is -0.650. The fraction of sp³-hybridized carbons (Fsp3) is 0.429. The summed E-state index contributed by atoms with van der Waals surface area (Å²) < 4.78 is 14.0. The number of benzene rings is 1. The molecule has 1 atom stereocenters. The average molecular weight is 297 g/mol. The number of imide groups is 1. The summed E-state index contributed by atoms with van der Waals surface area (Å²) in [4.78, 5) is 27.5. The molecule has 1 aromatic carbocycles. The molecule has 2 saturated heterocycles. The van der Waals surface area contributed by atoms with Gasteiger partial charge in [0.15, 0.2) is 0 Å². The van der Waals surface area contributed by atoms with Crippen molar-refractivity contribution < 1.29 is 14.0 Å². The predicted molar refractivity (Wildman–Crippen MR) is 73.1 cm³/mol. The van der Waals surface area contributed by atoms with Gasteiger partial charge in [-0.15, -0.1) is 0 Å². The highest BCUT2D eigenvalue weighted by Gasteiger charge is 2.42. The third-order valence-corrected chi connectivity index (χ3v) is 4.09. The minimum Gasteiger partial charge on any atom is -0.283 e.